The molecule has 0 spiro atoms. The Morgan fingerprint density at radius 1 is 1.44 bits per heavy atom. The van der Waals surface area contributed by atoms with Gasteiger partial charge in [0.1, 0.15) is 0 Å². The van der Waals surface area contributed by atoms with Crippen molar-refractivity contribution >= 4 is 15.9 Å². The molecule has 0 fully saturated rings. The number of hydrogen-bond donors (Lipinski definition) is 2. The Hall–Kier alpha value is -1.17. The van der Waals surface area contributed by atoms with Gasteiger partial charge in [-0.15, -0.1) is 0 Å². The molecule has 1 unspecified atom stereocenters. The quantitative estimate of drug-likeness (QED) is 0.802. The summed E-state index contributed by atoms with van der Waals surface area (Å²) in [5.41, 5.74) is 0.916. The standard InChI is InChI=1S/C13H16BrN3O/c14-12-3-1-2-11(8-12)13(18)9-15-4-6-17-7-5-16-10-17/h1-3,5,7-8,10,13,15,18H,4,6,9H2. The molecule has 0 radical (unpaired) electrons. The summed E-state index contributed by atoms with van der Waals surface area (Å²) in [6.45, 7) is 2.21. The van der Waals surface area contributed by atoms with Crippen molar-refractivity contribution in [3.05, 3.63) is 53.0 Å². The van der Waals surface area contributed by atoms with Crippen molar-refractivity contribution in [3.8, 4) is 0 Å². The fraction of sp³-hybridized carbons (Fsp3) is 0.308. The summed E-state index contributed by atoms with van der Waals surface area (Å²) in [6.07, 6.45) is 4.99. The molecule has 0 aliphatic rings. The molecule has 0 saturated heterocycles. The number of halogens is 1. The lowest BCUT2D eigenvalue weighted by atomic mass is 10.1. The van der Waals surface area contributed by atoms with E-state index in [9.17, 15) is 5.11 Å². The van der Waals surface area contributed by atoms with Crippen LogP contribution in [0.25, 0.3) is 0 Å². The number of benzene rings is 1. The Morgan fingerprint density at radius 2 is 2.33 bits per heavy atom. The Bertz CT molecular complexity index is 473. The first kappa shape index (κ1) is 13.3. The number of hydrogen-bond acceptors (Lipinski definition) is 3. The molecular formula is C13H16BrN3O. The number of aliphatic hydroxyl groups excluding tert-OH is 1. The van der Waals surface area contributed by atoms with Crippen LogP contribution in [0.2, 0.25) is 0 Å². The molecule has 1 aromatic heterocycles. The largest absolute Gasteiger partial charge is 0.387 e. The zero-order chi connectivity index (χ0) is 12.8. The third-order valence-corrected chi connectivity index (χ3v) is 3.17. The predicted octanol–water partition coefficient (Wildman–Crippen LogP) is 1.97. The van der Waals surface area contributed by atoms with Gasteiger partial charge in [0.15, 0.2) is 0 Å². The second-order valence-electron chi connectivity index (χ2n) is 4.08. The lowest BCUT2D eigenvalue weighted by molar-refractivity contribution is 0.174. The van der Waals surface area contributed by atoms with Gasteiger partial charge in [-0.05, 0) is 17.7 Å². The van der Waals surface area contributed by atoms with Gasteiger partial charge in [-0.2, -0.15) is 0 Å². The second kappa shape index (κ2) is 6.68. The van der Waals surface area contributed by atoms with Crippen LogP contribution in [-0.4, -0.2) is 27.7 Å². The maximum Gasteiger partial charge on any atom is 0.0946 e. The van der Waals surface area contributed by atoms with Gasteiger partial charge in [0.2, 0.25) is 0 Å². The van der Waals surface area contributed by atoms with Crippen molar-refractivity contribution in [2.24, 2.45) is 0 Å². The van der Waals surface area contributed by atoms with E-state index in [1.54, 1.807) is 12.5 Å². The Morgan fingerprint density at radius 3 is 3.06 bits per heavy atom. The minimum absolute atomic E-state index is 0.481. The Labute approximate surface area is 115 Å². The van der Waals surface area contributed by atoms with E-state index in [2.05, 4.69) is 26.2 Å². The molecule has 18 heavy (non-hydrogen) atoms. The van der Waals surface area contributed by atoms with Crippen LogP contribution in [0.5, 0.6) is 0 Å². The van der Waals surface area contributed by atoms with Crippen LogP contribution in [0.15, 0.2) is 47.5 Å². The molecule has 0 bridgehead atoms. The van der Waals surface area contributed by atoms with E-state index >= 15 is 0 Å². The molecule has 1 atom stereocenters. The lowest BCUT2D eigenvalue weighted by Gasteiger charge is -2.12. The van der Waals surface area contributed by atoms with E-state index < -0.39 is 6.10 Å². The smallest absolute Gasteiger partial charge is 0.0946 e. The molecule has 96 valence electrons. The zero-order valence-corrected chi connectivity index (χ0v) is 11.5. The molecule has 2 N–H and O–H groups in total. The van der Waals surface area contributed by atoms with Crippen molar-refractivity contribution in [2.45, 2.75) is 12.6 Å². The van der Waals surface area contributed by atoms with Crippen LogP contribution in [0.3, 0.4) is 0 Å². The summed E-state index contributed by atoms with van der Waals surface area (Å²) in [5, 5.41) is 13.2. The van der Waals surface area contributed by atoms with Crippen molar-refractivity contribution in [1.29, 1.82) is 0 Å². The minimum Gasteiger partial charge on any atom is -0.387 e. The lowest BCUT2D eigenvalue weighted by Crippen LogP contribution is -2.25. The highest BCUT2D eigenvalue weighted by atomic mass is 79.9. The van der Waals surface area contributed by atoms with E-state index in [0.29, 0.717) is 6.54 Å². The van der Waals surface area contributed by atoms with Gasteiger partial charge in [-0.1, -0.05) is 28.1 Å². The highest BCUT2D eigenvalue weighted by Crippen LogP contribution is 2.17. The van der Waals surface area contributed by atoms with Crippen LogP contribution >= 0.6 is 15.9 Å². The topological polar surface area (TPSA) is 50.1 Å². The summed E-state index contributed by atoms with van der Waals surface area (Å²) < 4.78 is 2.98. The number of aliphatic hydroxyl groups is 1. The maximum absolute atomic E-state index is 10.00. The molecule has 0 aliphatic heterocycles. The molecule has 5 heteroatoms. The summed E-state index contributed by atoms with van der Waals surface area (Å²) in [6, 6.07) is 7.73. The van der Waals surface area contributed by atoms with Crippen LogP contribution in [0.1, 0.15) is 11.7 Å². The highest BCUT2D eigenvalue weighted by molar-refractivity contribution is 9.10. The van der Waals surface area contributed by atoms with Gasteiger partial charge in [0, 0.05) is 36.5 Å². The van der Waals surface area contributed by atoms with Crippen molar-refractivity contribution in [2.75, 3.05) is 13.1 Å². The number of aromatic nitrogens is 2. The molecule has 2 aromatic rings. The molecule has 1 aromatic carbocycles. The number of nitrogens with zero attached hydrogens (tertiary/aromatic N) is 2. The van der Waals surface area contributed by atoms with Crippen LogP contribution in [0.4, 0.5) is 0 Å². The van der Waals surface area contributed by atoms with Crippen molar-refractivity contribution < 1.29 is 5.11 Å². The van der Waals surface area contributed by atoms with Crippen LogP contribution in [0, 0.1) is 0 Å². The van der Waals surface area contributed by atoms with E-state index in [1.165, 1.54) is 0 Å². The molecule has 0 amide bonds. The van der Waals surface area contributed by atoms with Crippen molar-refractivity contribution in [3.63, 3.8) is 0 Å². The van der Waals surface area contributed by atoms with Gasteiger partial charge in [0.05, 0.1) is 12.4 Å². The van der Waals surface area contributed by atoms with E-state index in [1.807, 2.05) is 35.0 Å². The Balaban J connectivity index is 1.73. The molecular weight excluding hydrogens is 294 g/mol. The average molecular weight is 310 g/mol. The van der Waals surface area contributed by atoms with Gasteiger partial charge in [-0.25, -0.2) is 4.98 Å². The first-order valence-electron chi connectivity index (χ1n) is 5.85. The molecule has 1 heterocycles. The third kappa shape index (κ3) is 3.94. The SMILES string of the molecule is OC(CNCCn1ccnc1)c1cccc(Br)c1. The molecule has 2 rings (SSSR count). The van der Waals surface area contributed by atoms with E-state index in [4.69, 9.17) is 0 Å². The van der Waals surface area contributed by atoms with Crippen LogP contribution in [-0.2, 0) is 6.54 Å². The predicted molar refractivity (Wildman–Crippen MR) is 74.2 cm³/mol. The molecule has 0 saturated carbocycles. The monoisotopic (exact) mass is 309 g/mol. The summed E-state index contributed by atoms with van der Waals surface area (Å²) in [4.78, 5) is 3.97. The first-order chi connectivity index (χ1) is 8.75. The zero-order valence-electron chi connectivity index (χ0n) is 9.96. The van der Waals surface area contributed by atoms with Crippen LogP contribution < -0.4 is 5.32 Å². The fourth-order valence-corrected chi connectivity index (χ4v) is 2.11. The maximum atomic E-state index is 10.00. The highest BCUT2D eigenvalue weighted by Gasteiger charge is 2.06. The molecule has 0 aliphatic carbocycles. The Kier molecular flexibility index (Phi) is 4.92. The second-order valence-corrected chi connectivity index (χ2v) is 4.99. The summed E-state index contributed by atoms with van der Waals surface area (Å²) >= 11 is 3.40. The third-order valence-electron chi connectivity index (χ3n) is 2.68. The normalized spacial score (nSPS) is 12.6. The van der Waals surface area contributed by atoms with E-state index in [0.717, 1.165) is 23.1 Å². The van der Waals surface area contributed by atoms with Gasteiger partial charge in [-0.3, -0.25) is 0 Å². The fourth-order valence-electron chi connectivity index (χ4n) is 1.70. The number of imidazole rings is 1. The number of rotatable bonds is 6. The van der Waals surface area contributed by atoms with Gasteiger partial charge >= 0.3 is 0 Å². The minimum atomic E-state index is -0.481. The number of nitrogens with one attached hydrogen (secondary N) is 1. The molecule has 4 nitrogen and oxygen atoms in total. The van der Waals surface area contributed by atoms with Gasteiger partial charge in [0.25, 0.3) is 0 Å². The summed E-state index contributed by atoms with van der Waals surface area (Å²) in [5.74, 6) is 0. The summed E-state index contributed by atoms with van der Waals surface area (Å²) in [7, 11) is 0. The first-order valence-corrected chi connectivity index (χ1v) is 6.65. The average Bonchev–Trinajstić information content (AvgIpc) is 2.87. The van der Waals surface area contributed by atoms with E-state index in [-0.39, 0.29) is 0 Å². The van der Waals surface area contributed by atoms with Gasteiger partial charge < -0.3 is 15.0 Å². The van der Waals surface area contributed by atoms with Crippen molar-refractivity contribution in [1.82, 2.24) is 14.9 Å².